The third-order valence-corrected chi connectivity index (χ3v) is 13.6. The van der Waals surface area contributed by atoms with E-state index in [1.165, 1.54) is 32.3 Å². The fourth-order valence-corrected chi connectivity index (χ4v) is 8.98. The van der Waals surface area contributed by atoms with Crippen molar-refractivity contribution in [3.63, 3.8) is 0 Å². The summed E-state index contributed by atoms with van der Waals surface area (Å²) in [7, 11) is 0. The van der Waals surface area contributed by atoms with Gasteiger partial charge in [0.15, 0.2) is 37.2 Å². The minimum absolute atomic E-state index is 0.829. The van der Waals surface area contributed by atoms with Crippen molar-refractivity contribution in [2.24, 2.45) is 0 Å². The fraction of sp³-hybridized carbons (Fsp3) is 0.261. The predicted molar refractivity (Wildman–Crippen MR) is 323 cm³/mol. The van der Waals surface area contributed by atoms with Crippen LogP contribution in [0.3, 0.4) is 0 Å². The number of fused-ring (bicyclic) bond motifs is 3. The maximum atomic E-state index is 3.43. The summed E-state index contributed by atoms with van der Waals surface area (Å²) >= 11 is 10.3. The van der Waals surface area contributed by atoms with Gasteiger partial charge in [-0.15, -0.1) is 0 Å². The number of pyridine rings is 3. The Bertz CT molecular complexity index is 3160. The summed E-state index contributed by atoms with van der Waals surface area (Å²) in [5.41, 5.74) is 5.93. The van der Waals surface area contributed by atoms with Crippen LogP contribution in [0.25, 0.3) is 32.3 Å². The van der Waals surface area contributed by atoms with E-state index in [0.717, 1.165) is 146 Å². The third-order valence-electron chi connectivity index (χ3n) is 12.0. The Balaban J connectivity index is 0.000000288. The lowest BCUT2D eigenvalue weighted by Gasteiger charge is -1.99. The smallest absolute Gasteiger partial charge is 0.176 e. The largest absolute Gasteiger partial charge is 0.204 e. The zero-order valence-corrected chi connectivity index (χ0v) is 47.5. The Morgan fingerprint density at radius 2 is 0.507 bits per heavy atom. The van der Waals surface area contributed by atoms with E-state index in [2.05, 4.69) is 297 Å². The third kappa shape index (κ3) is 20.1. The van der Waals surface area contributed by atoms with Crippen molar-refractivity contribution in [1.82, 2.24) is 0 Å². The Kier molecular flexibility index (Phi) is 24.2. The SMILES string of the molecule is BrCCCC#Cc1cc(C#CCCCBr)cc(C#CCCCBr)c1.C(#Cc1cc(C#CCCC[n+]2ccc3ccccc3c2)cc(C#CCCC[n+]2ccc3ccccc3c2)c1)CCC[n+]1ccc2ccccc2c1. The molecule has 0 unspecified atom stereocenters. The quantitative estimate of drug-likeness (QED) is 0.0420. The number of nitrogens with zero attached hydrogens (tertiary/aromatic N) is 3. The van der Waals surface area contributed by atoms with Gasteiger partial charge in [0.1, 0.15) is 19.6 Å². The van der Waals surface area contributed by atoms with Crippen LogP contribution in [0.2, 0.25) is 0 Å². The summed E-state index contributed by atoms with van der Waals surface area (Å²) in [5.74, 6) is 39.9. The zero-order valence-electron chi connectivity index (χ0n) is 42.8. The van der Waals surface area contributed by atoms with Crippen LogP contribution in [-0.4, -0.2) is 16.0 Å². The highest BCUT2D eigenvalue weighted by Crippen LogP contribution is 2.14. The van der Waals surface area contributed by atoms with E-state index >= 15 is 0 Å². The molecule has 8 rings (SSSR count). The zero-order chi connectivity index (χ0) is 52.0. The number of halogens is 3. The second kappa shape index (κ2) is 32.4. The van der Waals surface area contributed by atoms with Gasteiger partial charge in [0.05, 0.1) is 0 Å². The lowest BCUT2D eigenvalue weighted by atomic mass is 10.1. The number of benzene rings is 5. The molecule has 0 aliphatic rings. The number of unbranched alkanes of at least 4 members (excludes halogenated alkanes) is 6. The average Bonchev–Trinajstić information content (AvgIpc) is 3.44. The second-order valence-corrected chi connectivity index (χ2v) is 20.4. The van der Waals surface area contributed by atoms with Crippen LogP contribution in [0.1, 0.15) is 110 Å². The van der Waals surface area contributed by atoms with Gasteiger partial charge in [-0.25, -0.2) is 13.7 Å². The van der Waals surface area contributed by atoms with Crippen molar-refractivity contribution >= 4 is 80.1 Å². The van der Waals surface area contributed by atoms with E-state index in [4.69, 9.17) is 0 Å². The number of rotatable bonds is 15. The lowest BCUT2D eigenvalue weighted by molar-refractivity contribution is -0.696. The Morgan fingerprint density at radius 3 is 0.747 bits per heavy atom. The van der Waals surface area contributed by atoms with Crippen molar-refractivity contribution in [3.05, 3.63) is 198 Å². The summed E-state index contributed by atoms with van der Waals surface area (Å²) in [5, 5.41) is 10.6. The molecule has 0 spiro atoms. The van der Waals surface area contributed by atoms with Crippen molar-refractivity contribution in [1.29, 1.82) is 0 Å². The maximum absolute atomic E-state index is 3.43. The minimum Gasteiger partial charge on any atom is -0.204 e. The molecule has 6 heteroatoms. The van der Waals surface area contributed by atoms with Crippen LogP contribution < -0.4 is 13.7 Å². The van der Waals surface area contributed by atoms with E-state index in [0.29, 0.717) is 0 Å². The summed E-state index contributed by atoms with van der Waals surface area (Å²) in [6.07, 6.45) is 24.5. The highest BCUT2D eigenvalue weighted by atomic mass is 79.9. The summed E-state index contributed by atoms with van der Waals surface area (Å²) in [4.78, 5) is 0. The minimum atomic E-state index is 0.829. The van der Waals surface area contributed by atoms with Gasteiger partial charge in [-0.1, -0.05) is 173 Å². The molecule has 75 heavy (non-hydrogen) atoms. The number of aromatic nitrogens is 3. The molecule has 372 valence electrons. The van der Waals surface area contributed by atoms with E-state index in [1.807, 2.05) is 0 Å². The highest BCUT2D eigenvalue weighted by molar-refractivity contribution is 9.09. The number of hydrogen-bond donors (Lipinski definition) is 0. The topological polar surface area (TPSA) is 11.6 Å². The van der Waals surface area contributed by atoms with Gasteiger partial charge in [0, 0.05) is 142 Å². The van der Waals surface area contributed by atoms with Crippen LogP contribution in [0.5, 0.6) is 0 Å². The van der Waals surface area contributed by atoms with Crippen LogP contribution >= 0.6 is 47.8 Å². The molecule has 0 aliphatic heterocycles. The number of aryl methyl sites for hydroxylation is 3. The molecule has 3 heterocycles. The number of hydrogen-bond acceptors (Lipinski definition) is 0. The average molecular weight is 1170 g/mol. The first-order valence-electron chi connectivity index (χ1n) is 26.1. The normalized spacial score (nSPS) is 10.1. The Morgan fingerprint density at radius 1 is 0.280 bits per heavy atom. The van der Waals surface area contributed by atoms with E-state index in [1.54, 1.807) is 0 Å². The lowest BCUT2D eigenvalue weighted by Crippen LogP contribution is -2.32. The van der Waals surface area contributed by atoms with Crippen molar-refractivity contribution in [2.45, 2.75) is 96.7 Å². The van der Waals surface area contributed by atoms with Crippen LogP contribution in [0.15, 0.2) is 165 Å². The molecule has 0 atom stereocenters. The van der Waals surface area contributed by atoms with Crippen molar-refractivity contribution < 1.29 is 13.7 Å². The highest BCUT2D eigenvalue weighted by Gasteiger charge is 2.06. The van der Waals surface area contributed by atoms with Gasteiger partial charge in [0.25, 0.3) is 0 Å². The first kappa shape index (κ1) is 55.9. The monoisotopic (exact) mass is 1170 g/mol. The molecule has 3 nitrogen and oxygen atoms in total. The van der Waals surface area contributed by atoms with Gasteiger partial charge in [-0.3, -0.25) is 0 Å². The fourth-order valence-electron chi connectivity index (χ4n) is 8.14. The van der Waals surface area contributed by atoms with Gasteiger partial charge < -0.3 is 0 Å². The first-order valence-corrected chi connectivity index (χ1v) is 29.5. The second-order valence-electron chi connectivity index (χ2n) is 18.0. The number of alkyl halides is 3. The van der Waals surface area contributed by atoms with E-state index in [9.17, 15) is 0 Å². The van der Waals surface area contributed by atoms with Gasteiger partial charge in [-0.2, -0.15) is 0 Å². The molecule has 8 aromatic rings. The molecule has 0 radical (unpaired) electrons. The molecule has 0 saturated carbocycles. The molecule has 0 fully saturated rings. The first-order chi connectivity index (χ1) is 37.0. The predicted octanol–water partition coefficient (Wildman–Crippen LogP) is 14.8. The molecule has 0 saturated heterocycles. The summed E-state index contributed by atoms with van der Waals surface area (Å²) < 4.78 is 6.76. The molecular formula is C69H63Br3N3+3. The molecular weight excluding hydrogens is 1110 g/mol. The Hall–Kier alpha value is -6.87. The van der Waals surface area contributed by atoms with Gasteiger partial charge in [-0.05, 0) is 90.0 Å². The van der Waals surface area contributed by atoms with E-state index < -0.39 is 0 Å². The van der Waals surface area contributed by atoms with Crippen molar-refractivity contribution in [3.8, 4) is 71.0 Å². The van der Waals surface area contributed by atoms with Crippen LogP contribution in [0.4, 0.5) is 0 Å². The molecule has 0 N–H and O–H groups in total. The van der Waals surface area contributed by atoms with Crippen LogP contribution in [0, 0.1) is 71.0 Å². The molecule has 3 aromatic heterocycles. The molecule has 0 bridgehead atoms. The van der Waals surface area contributed by atoms with Gasteiger partial charge in [0.2, 0.25) is 0 Å². The van der Waals surface area contributed by atoms with Crippen LogP contribution in [-0.2, 0) is 19.6 Å². The van der Waals surface area contributed by atoms with E-state index in [-0.39, 0.29) is 0 Å². The maximum Gasteiger partial charge on any atom is 0.176 e. The van der Waals surface area contributed by atoms with Gasteiger partial charge >= 0.3 is 0 Å². The summed E-state index contributed by atoms with van der Waals surface area (Å²) in [6, 6.07) is 44.5. The Labute approximate surface area is 472 Å². The molecule has 5 aromatic carbocycles. The summed E-state index contributed by atoms with van der Waals surface area (Å²) in [6.45, 7) is 2.82. The van der Waals surface area contributed by atoms with Crippen molar-refractivity contribution in [2.75, 3.05) is 16.0 Å². The molecule has 0 aliphatic carbocycles. The molecule has 0 amide bonds. The standard InChI is InChI=1S/C48H42N3.C21H21Br3/c1(13-28-49-31-25-43-19-7-10-22-46(43)37-49)4-16-40-34-41(17-5-2-14-29-50-32-26-44-20-8-11-23-47(44)38-50)36-42(35-40)18-6-3-15-30-51-33-27-45-21-9-12-24-48(45)39-51;22-13-7-1-4-10-19-16-20(11-5-2-8-14-23)18-21(17-19)12-6-3-9-15-24/h7-12,19-27,31-39H,1-3,13-15,28-30H2;16-18H,1-3,7-9,13-15H2/q+3;.